The Morgan fingerprint density at radius 2 is 1.85 bits per heavy atom. The normalized spacial score (nSPS) is 10.7. The van der Waals surface area contributed by atoms with E-state index in [-0.39, 0.29) is 0 Å². The molecule has 0 bridgehead atoms. The molecule has 0 unspecified atom stereocenters. The summed E-state index contributed by atoms with van der Waals surface area (Å²) >= 11 is 5.81. The Hall–Kier alpha value is -3.25. The highest BCUT2D eigenvalue weighted by molar-refractivity contribution is 6.30. The van der Waals surface area contributed by atoms with Gasteiger partial charge in [-0.15, -0.1) is 0 Å². The molecule has 0 fully saturated rings. The van der Waals surface area contributed by atoms with E-state index in [1.165, 1.54) is 0 Å². The average molecular weight is 369 g/mol. The first-order valence-electron chi connectivity index (χ1n) is 7.83. The van der Waals surface area contributed by atoms with Crippen LogP contribution in [0.3, 0.4) is 0 Å². The lowest BCUT2D eigenvalue weighted by atomic mass is 10.3. The number of methoxy groups -OCH3 is 1. The number of hydrogen-bond donors (Lipinski definition) is 2. The van der Waals surface area contributed by atoms with E-state index in [0.717, 1.165) is 17.1 Å². The van der Waals surface area contributed by atoms with Crippen LogP contribution >= 0.6 is 11.6 Å². The second-order valence-corrected chi connectivity index (χ2v) is 5.77. The summed E-state index contributed by atoms with van der Waals surface area (Å²) in [6, 6.07) is 17.8. The van der Waals surface area contributed by atoms with Crippen LogP contribution in [0.1, 0.15) is 5.69 Å². The third kappa shape index (κ3) is 4.43. The van der Waals surface area contributed by atoms with E-state index in [0.29, 0.717) is 10.7 Å². The Kier molecular flexibility index (Phi) is 5.56. The lowest BCUT2D eigenvalue weighted by Gasteiger charge is -2.07. The van der Waals surface area contributed by atoms with Crippen LogP contribution in [0.15, 0.2) is 72.0 Å². The number of carbonyl (C=O) groups excluding carboxylic acids is 1. The van der Waals surface area contributed by atoms with E-state index in [2.05, 4.69) is 15.8 Å². The molecule has 0 aliphatic heterocycles. The maximum absolute atomic E-state index is 11.9. The molecule has 0 spiro atoms. The van der Waals surface area contributed by atoms with Gasteiger partial charge in [-0.1, -0.05) is 11.6 Å². The van der Waals surface area contributed by atoms with Crippen molar-refractivity contribution >= 4 is 29.5 Å². The van der Waals surface area contributed by atoms with Crippen LogP contribution in [-0.2, 0) is 0 Å². The predicted molar refractivity (Wildman–Crippen MR) is 104 cm³/mol. The molecule has 132 valence electrons. The van der Waals surface area contributed by atoms with Crippen LogP contribution < -0.4 is 15.5 Å². The number of anilines is 1. The Balaban J connectivity index is 1.63. The number of rotatable bonds is 5. The number of urea groups is 1. The molecule has 0 atom stereocenters. The molecular weight excluding hydrogens is 352 g/mol. The van der Waals surface area contributed by atoms with Crippen molar-refractivity contribution < 1.29 is 9.53 Å². The number of hydrazone groups is 1. The third-order valence-electron chi connectivity index (χ3n) is 3.60. The van der Waals surface area contributed by atoms with Crippen LogP contribution in [0, 0.1) is 0 Å². The molecule has 0 saturated heterocycles. The maximum atomic E-state index is 11.9. The van der Waals surface area contributed by atoms with Gasteiger partial charge in [0.05, 0.1) is 19.0 Å². The zero-order valence-corrected chi connectivity index (χ0v) is 14.8. The van der Waals surface area contributed by atoms with Crippen molar-refractivity contribution in [3.05, 3.63) is 77.6 Å². The van der Waals surface area contributed by atoms with Gasteiger partial charge in [0.15, 0.2) is 0 Å². The van der Waals surface area contributed by atoms with Gasteiger partial charge in [-0.05, 0) is 60.7 Å². The molecular formula is C19H17ClN4O2. The highest BCUT2D eigenvalue weighted by Crippen LogP contribution is 2.16. The van der Waals surface area contributed by atoms with Gasteiger partial charge in [0.25, 0.3) is 0 Å². The van der Waals surface area contributed by atoms with E-state index >= 15 is 0 Å². The van der Waals surface area contributed by atoms with Crippen molar-refractivity contribution in [1.29, 1.82) is 0 Å². The number of hydrogen-bond acceptors (Lipinski definition) is 3. The first-order valence-corrected chi connectivity index (χ1v) is 8.21. The van der Waals surface area contributed by atoms with Crippen LogP contribution in [0.5, 0.6) is 5.75 Å². The highest BCUT2D eigenvalue weighted by Gasteiger charge is 2.03. The summed E-state index contributed by atoms with van der Waals surface area (Å²) in [7, 11) is 1.63. The van der Waals surface area contributed by atoms with Gasteiger partial charge in [-0.3, -0.25) is 0 Å². The van der Waals surface area contributed by atoms with Crippen LogP contribution in [0.25, 0.3) is 5.69 Å². The molecule has 2 aromatic carbocycles. The molecule has 0 aliphatic carbocycles. The summed E-state index contributed by atoms with van der Waals surface area (Å²) in [5.74, 6) is 0.789. The SMILES string of the molecule is COc1ccc(-n2cccc2/C=N/NC(=O)Nc2ccc(Cl)cc2)cc1. The number of benzene rings is 2. The Labute approximate surface area is 156 Å². The molecule has 26 heavy (non-hydrogen) atoms. The summed E-state index contributed by atoms with van der Waals surface area (Å²) in [5, 5.41) is 7.26. The fourth-order valence-corrected chi connectivity index (χ4v) is 2.45. The minimum Gasteiger partial charge on any atom is -0.497 e. The summed E-state index contributed by atoms with van der Waals surface area (Å²) in [5.41, 5.74) is 4.84. The number of halogens is 1. The van der Waals surface area contributed by atoms with Crippen molar-refractivity contribution in [2.24, 2.45) is 5.10 Å². The van der Waals surface area contributed by atoms with Gasteiger partial charge in [-0.2, -0.15) is 5.10 Å². The second kappa shape index (κ2) is 8.22. The third-order valence-corrected chi connectivity index (χ3v) is 3.85. The van der Waals surface area contributed by atoms with E-state index < -0.39 is 6.03 Å². The molecule has 3 rings (SSSR count). The van der Waals surface area contributed by atoms with E-state index in [1.54, 1.807) is 37.6 Å². The van der Waals surface area contributed by atoms with Gasteiger partial charge < -0.3 is 14.6 Å². The Morgan fingerprint density at radius 1 is 1.12 bits per heavy atom. The molecule has 3 aromatic rings. The van der Waals surface area contributed by atoms with Crippen LogP contribution in [0.2, 0.25) is 5.02 Å². The molecule has 0 saturated carbocycles. The van der Waals surface area contributed by atoms with Crippen molar-refractivity contribution in [2.45, 2.75) is 0 Å². The lowest BCUT2D eigenvalue weighted by molar-refractivity contribution is 0.252. The van der Waals surface area contributed by atoms with Crippen molar-refractivity contribution in [3.8, 4) is 11.4 Å². The number of aromatic nitrogens is 1. The van der Waals surface area contributed by atoms with Gasteiger partial charge in [0.2, 0.25) is 0 Å². The van der Waals surface area contributed by atoms with Gasteiger partial charge in [0.1, 0.15) is 5.75 Å². The fraction of sp³-hybridized carbons (Fsp3) is 0.0526. The predicted octanol–water partition coefficient (Wildman–Crippen LogP) is 4.29. The van der Waals surface area contributed by atoms with E-state index in [9.17, 15) is 4.79 Å². The Morgan fingerprint density at radius 3 is 2.54 bits per heavy atom. The smallest absolute Gasteiger partial charge is 0.339 e. The molecule has 2 N–H and O–H groups in total. The molecule has 0 aliphatic rings. The largest absolute Gasteiger partial charge is 0.497 e. The first kappa shape index (κ1) is 17.6. The first-order chi connectivity index (χ1) is 12.7. The molecule has 7 heteroatoms. The molecule has 6 nitrogen and oxygen atoms in total. The number of nitrogens with zero attached hydrogens (tertiary/aromatic N) is 2. The van der Waals surface area contributed by atoms with Crippen molar-refractivity contribution in [1.82, 2.24) is 9.99 Å². The number of amides is 2. The minimum absolute atomic E-state index is 0.439. The zero-order valence-electron chi connectivity index (χ0n) is 14.0. The number of carbonyl (C=O) groups is 1. The van der Waals surface area contributed by atoms with Crippen molar-refractivity contribution in [3.63, 3.8) is 0 Å². The van der Waals surface area contributed by atoms with Gasteiger partial charge in [0, 0.05) is 22.6 Å². The fourth-order valence-electron chi connectivity index (χ4n) is 2.33. The lowest BCUT2D eigenvalue weighted by Crippen LogP contribution is -2.24. The van der Waals surface area contributed by atoms with Gasteiger partial charge >= 0.3 is 6.03 Å². The molecule has 1 aromatic heterocycles. The summed E-state index contributed by atoms with van der Waals surface area (Å²) in [6.45, 7) is 0. The number of nitrogens with one attached hydrogen (secondary N) is 2. The quantitative estimate of drug-likeness (QED) is 0.521. The monoisotopic (exact) mass is 368 g/mol. The van der Waals surface area contributed by atoms with Crippen LogP contribution in [-0.4, -0.2) is 23.9 Å². The highest BCUT2D eigenvalue weighted by atomic mass is 35.5. The van der Waals surface area contributed by atoms with Gasteiger partial charge in [-0.25, -0.2) is 10.2 Å². The standard InChI is InChI=1S/C19H17ClN4O2/c1-26-18-10-8-16(9-11-18)24-12-2-3-17(24)13-21-23-19(25)22-15-6-4-14(20)5-7-15/h2-13H,1H3,(H2,22,23,25)/b21-13+. The zero-order chi connectivity index (χ0) is 18.4. The average Bonchev–Trinajstić information content (AvgIpc) is 3.12. The molecule has 1 heterocycles. The summed E-state index contributed by atoms with van der Waals surface area (Å²) in [6.07, 6.45) is 3.49. The van der Waals surface area contributed by atoms with E-state index in [1.807, 2.05) is 47.2 Å². The molecule has 2 amide bonds. The molecule has 0 radical (unpaired) electrons. The van der Waals surface area contributed by atoms with E-state index in [4.69, 9.17) is 16.3 Å². The maximum Gasteiger partial charge on any atom is 0.339 e. The van der Waals surface area contributed by atoms with Crippen molar-refractivity contribution in [2.75, 3.05) is 12.4 Å². The Bertz CT molecular complexity index is 902. The van der Waals surface area contributed by atoms with Crippen LogP contribution in [0.4, 0.5) is 10.5 Å². The second-order valence-electron chi connectivity index (χ2n) is 5.33. The minimum atomic E-state index is -0.439. The topological polar surface area (TPSA) is 67.6 Å². The number of ether oxygens (including phenoxy) is 1. The summed E-state index contributed by atoms with van der Waals surface area (Å²) < 4.78 is 7.11. The summed E-state index contributed by atoms with van der Waals surface area (Å²) in [4.78, 5) is 11.9.